The molecule has 2 nitrogen and oxygen atoms in total. The molecule has 0 spiro atoms. The Balaban J connectivity index is 2.93. The van der Waals surface area contributed by atoms with Crippen LogP contribution in [0.25, 0.3) is 0 Å². The molecule has 0 aromatic heterocycles. The average Bonchev–Trinajstić information content (AvgIpc) is 2.24. The highest BCUT2D eigenvalue weighted by molar-refractivity contribution is 5.26. The Morgan fingerprint density at radius 3 is 2.47 bits per heavy atom. The first kappa shape index (κ1) is 14.1. The van der Waals surface area contributed by atoms with Crippen molar-refractivity contribution in [3.63, 3.8) is 0 Å². The van der Waals surface area contributed by atoms with Gasteiger partial charge in [-0.2, -0.15) is 0 Å². The fraction of sp³-hybridized carbons (Fsp3) is 0.571. The molecule has 1 rings (SSSR count). The first-order chi connectivity index (χ1) is 7.88. The van der Waals surface area contributed by atoms with E-state index in [0.717, 1.165) is 17.5 Å². The highest BCUT2D eigenvalue weighted by Gasteiger charge is 2.23. The van der Waals surface area contributed by atoms with Crippen molar-refractivity contribution in [2.45, 2.75) is 38.8 Å². The number of nitrogens with one attached hydrogen (secondary N) is 1. The van der Waals surface area contributed by atoms with E-state index in [9.17, 15) is 4.39 Å². The van der Waals surface area contributed by atoms with Crippen LogP contribution in [0, 0.1) is 12.7 Å². The van der Waals surface area contributed by atoms with Crippen LogP contribution in [0.2, 0.25) is 0 Å². The van der Waals surface area contributed by atoms with Crippen molar-refractivity contribution in [2.24, 2.45) is 0 Å². The second-order valence-corrected chi connectivity index (χ2v) is 5.07. The maximum absolute atomic E-state index is 13.4. The standard InChI is InChI=1S/C14H22FNO/c1-10-6-11(8-12(15)7-10)13(16-4)9-14(2,3)17-5/h6-8,13,16H,9H2,1-5H3. The summed E-state index contributed by atoms with van der Waals surface area (Å²) in [6.45, 7) is 5.97. The zero-order chi connectivity index (χ0) is 13.1. The Kier molecular flexibility index (Phi) is 4.66. The second kappa shape index (κ2) is 5.61. The number of halogens is 1. The normalized spacial score (nSPS) is 13.8. The van der Waals surface area contributed by atoms with Crippen LogP contribution in [0.5, 0.6) is 0 Å². The Hall–Kier alpha value is -0.930. The number of benzene rings is 1. The molecule has 1 aromatic rings. The summed E-state index contributed by atoms with van der Waals surface area (Å²) >= 11 is 0. The molecule has 1 unspecified atom stereocenters. The van der Waals surface area contributed by atoms with Gasteiger partial charge in [-0.3, -0.25) is 0 Å². The molecule has 0 fully saturated rings. The van der Waals surface area contributed by atoms with Crippen LogP contribution in [-0.4, -0.2) is 19.8 Å². The number of methoxy groups -OCH3 is 1. The van der Waals surface area contributed by atoms with Gasteiger partial charge in [0, 0.05) is 13.2 Å². The third kappa shape index (κ3) is 4.10. The fourth-order valence-electron chi connectivity index (χ4n) is 1.93. The van der Waals surface area contributed by atoms with Crippen LogP contribution in [0.1, 0.15) is 37.4 Å². The molecule has 96 valence electrons. The lowest BCUT2D eigenvalue weighted by Gasteiger charge is -2.28. The van der Waals surface area contributed by atoms with E-state index in [2.05, 4.69) is 5.32 Å². The highest BCUT2D eigenvalue weighted by atomic mass is 19.1. The number of hydrogen-bond acceptors (Lipinski definition) is 2. The lowest BCUT2D eigenvalue weighted by atomic mass is 9.93. The molecule has 0 radical (unpaired) electrons. The van der Waals surface area contributed by atoms with E-state index >= 15 is 0 Å². The lowest BCUT2D eigenvalue weighted by Crippen LogP contribution is -2.30. The highest BCUT2D eigenvalue weighted by Crippen LogP contribution is 2.26. The van der Waals surface area contributed by atoms with E-state index in [1.54, 1.807) is 13.2 Å². The summed E-state index contributed by atoms with van der Waals surface area (Å²) in [5.41, 5.74) is 1.68. The van der Waals surface area contributed by atoms with Crippen molar-refractivity contribution in [3.05, 3.63) is 35.1 Å². The largest absolute Gasteiger partial charge is 0.379 e. The third-order valence-electron chi connectivity index (χ3n) is 3.06. The number of hydrogen-bond donors (Lipinski definition) is 1. The molecule has 17 heavy (non-hydrogen) atoms. The minimum atomic E-state index is -0.228. The van der Waals surface area contributed by atoms with Gasteiger partial charge in [0.2, 0.25) is 0 Å². The van der Waals surface area contributed by atoms with Crippen LogP contribution >= 0.6 is 0 Å². The van der Waals surface area contributed by atoms with Gasteiger partial charge in [0.15, 0.2) is 0 Å². The van der Waals surface area contributed by atoms with Crippen molar-refractivity contribution < 1.29 is 9.13 Å². The molecular weight excluding hydrogens is 217 g/mol. The van der Waals surface area contributed by atoms with E-state index < -0.39 is 0 Å². The molecule has 0 heterocycles. The molecule has 0 amide bonds. The Bertz CT molecular complexity index is 356. The van der Waals surface area contributed by atoms with Gasteiger partial charge in [-0.1, -0.05) is 6.07 Å². The topological polar surface area (TPSA) is 21.3 Å². The Morgan fingerprint density at radius 2 is 2.00 bits per heavy atom. The molecule has 1 atom stereocenters. The quantitative estimate of drug-likeness (QED) is 0.852. The summed E-state index contributed by atoms with van der Waals surface area (Å²) in [4.78, 5) is 0. The Morgan fingerprint density at radius 1 is 1.35 bits per heavy atom. The monoisotopic (exact) mass is 239 g/mol. The average molecular weight is 239 g/mol. The summed E-state index contributed by atoms with van der Waals surface area (Å²) in [6, 6.07) is 5.23. The van der Waals surface area contributed by atoms with E-state index in [0.29, 0.717) is 0 Å². The summed E-state index contributed by atoms with van der Waals surface area (Å²) in [5, 5.41) is 3.22. The second-order valence-electron chi connectivity index (χ2n) is 5.07. The molecule has 0 bridgehead atoms. The summed E-state index contributed by atoms with van der Waals surface area (Å²) in [5.74, 6) is -0.185. The first-order valence-corrected chi connectivity index (χ1v) is 5.87. The van der Waals surface area contributed by atoms with Crippen molar-refractivity contribution in [1.82, 2.24) is 5.32 Å². The van der Waals surface area contributed by atoms with Crippen molar-refractivity contribution in [3.8, 4) is 0 Å². The number of rotatable bonds is 5. The van der Waals surface area contributed by atoms with Crippen LogP contribution in [-0.2, 0) is 4.74 Å². The van der Waals surface area contributed by atoms with Gasteiger partial charge in [0.1, 0.15) is 5.82 Å². The molecule has 0 aliphatic heterocycles. The van der Waals surface area contributed by atoms with Crippen LogP contribution < -0.4 is 5.32 Å². The third-order valence-corrected chi connectivity index (χ3v) is 3.06. The van der Waals surface area contributed by atoms with Crippen LogP contribution in [0.4, 0.5) is 4.39 Å². The van der Waals surface area contributed by atoms with Crippen molar-refractivity contribution in [2.75, 3.05) is 14.2 Å². The summed E-state index contributed by atoms with van der Waals surface area (Å²) < 4.78 is 18.8. The number of ether oxygens (including phenoxy) is 1. The maximum atomic E-state index is 13.4. The zero-order valence-corrected chi connectivity index (χ0v) is 11.3. The summed E-state index contributed by atoms with van der Waals surface area (Å²) in [7, 11) is 3.58. The molecule has 0 saturated heterocycles. The van der Waals surface area contributed by atoms with E-state index in [4.69, 9.17) is 4.74 Å². The zero-order valence-electron chi connectivity index (χ0n) is 11.3. The van der Waals surface area contributed by atoms with Crippen molar-refractivity contribution in [1.29, 1.82) is 0 Å². The minimum Gasteiger partial charge on any atom is -0.379 e. The molecule has 1 N–H and O–H groups in total. The van der Waals surface area contributed by atoms with E-state index in [1.807, 2.05) is 33.9 Å². The lowest BCUT2D eigenvalue weighted by molar-refractivity contribution is 0.00741. The van der Waals surface area contributed by atoms with Gasteiger partial charge in [0.05, 0.1) is 5.60 Å². The molecule has 0 aliphatic carbocycles. The summed E-state index contributed by atoms with van der Waals surface area (Å²) in [6.07, 6.45) is 0.795. The number of aryl methyl sites for hydroxylation is 1. The Labute approximate surface area is 103 Å². The van der Waals surface area contributed by atoms with E-state index in [-0.39, 0.29) is 17.5 Å². The van der Waals surface area contributed by atoms with Gasteiger partial charge < -0.3 is 10.1 Å². The maximum Gasteiger partial charge on any atom is 0.123 e. The van der Waals surface area contributed by atoms with Gasteiger partial charge in [0.25, 0.3) is 0 Å². The molecule has 0 saturated carbocycles. The predicted molar refractivity (Wildman–Crippen MR) is 68.6 cm³/mol. The molecule has 1 aromatic carbocycles. The van der Waals surface area contributed by atoms with Crippen molar-refractivity contribution >= 4 is 0 Å². The molecule has 0 aliphatic rings. The van der Waals surface area contributed by atoms with Gasteiger partial charge in [-0.15, -0.1) is 0 Å². The minimum absolute atomic E-state index is 0.0966. The van der Waals surface area contributed by atoms with Gasteiger partial charge in [-0.25, -0.2) is 4.39 Å². The van der Waals surface area contributed by atoms with Gasteiger partial charge >= 0.3 is 0 Å². The molecule has 3 heteroatoms. The van der Waals surface area contributed by atoms with Crippen LogP contribution in [0.3, 0.4) is 0 Å². The predicted octanol–water partition coefficient (Wildman–Crippen LogP) is 3.21. The fourth-order valence-corrected chi connectivity index (χ4v) is 1.93. The molecular formula is C14H22FNO. The first-order valence-electron chi connectivity index (χ1n) is 5.87. The van der Waals surface area contributed by atoms with Gasteiger partial charge in [-0.05, 0) is 57.5 Å². The SMILES string of the molecule is CNC(CC(C)(C)OC)c1cc(C)cc(F)c1. The van der Waals surface area contributed by atoms with E-state index in [1.165, 1.54) is 6.07 Å². The van der Waals surface area contributed by atoms with Crippen LogP contribution in [0.15, 0.2) is 18.2 Å². The smallest absolute Gasteiger partial charge is 0.123 e.